The van der Waals surface area contributed by atoms with Crippen molar-refractivity contribution in [1.29, 1.82) is 0 Å². The van der Waals surface area contributed by atoms with Crippen LogP contribution in [0.5, 0.6) is 0 Å². The maximum Gasteiger partial charge on any atom is 0.418 e. The van der Waals surface area contributed by atoms with E-state index in [2.05, 4.69) is 15.7 Å². The van der Waals surface area contributed by atoms with Crippen LogP contribution in [0.2, 0.25) is 5.02 Å². The van der Waals surface area contributed by atoms with Crippen molar-refractivity contribution in [2.45, 2.75) is 39.3 Å². The van der Waals surface area contributed by atoms with E-state index in [1.54, 1.807) is 37.3 Å². The van der Waals surface area contributed by atoms with Gasteiger partial charge >= 0.3 is 12.2 Å². The molecule has 0 unspecified atom stereocenters. The van der Waals surface area contributed by atoms with Crippen LogP contribution in [0.3, 0.4) is 0 Å². The molecule has 192 valence electrons. The lowest BCUT2D eigenvalue weighted by molar-refractivity contribution is -0.137. The van der Waals surface area contributed by atoms with Gasteiger partial charge in [-0.15, -0.1) is 0 Å². The minimum absolute atomic E-state index is 0.0878. The number of amides is 3. The van der Waals surface area contributed by atoms with Gasteiger partial charge in [-0.2, -0.15) is 18.3 Å². The summed E-state index contributed by atoms with van der Waals surface area (Å²) >= 11 is 6.35. The minimum atomic E-state index is -4.64. The summed E-state index contributed by atoms with van der Waals surface area (Å²) < 4.78 is 41.3. The van der Waals surface area contributed by atoms with Crippen molar-refractivity contribution in [3.05, 3.63) is 70.9 Å². The molecule has 0 radical (unpaired) electrons. The van der Waals surface area contributed by atoms with Crippen LogP contribution in [0.25, 0.3) is 5.69 Å². The second kappa shape index (κ2) is 10.6. The summed E-state index contributed by atoms with van der Waals surface area (Å²) in [6.07, 6.45) is -4.64. The molecule has 36 heavy (non-hydrogen) atoms. The number of para-hydroxylation sites is 2. The number of aromatic nitrogens is 2. The number of likely N-dealkylation sites (N-methyl/N-ethyl adjacent to an activating group) is 1. The Morgan fingerprint density at radius 1 is 1.03 bits per heavy atom. The summed E-state index contributed by atoms with van der Waals surface area (Å²) in [6.45, 7) is 7.23. The summed E-state index contributed by atoms with van der Waals surface area (Å²) in [7, 11) is 0. The molecule has 0 fully saturated rings. The van der Waals surface area contributed by atoms with E-state index in [-0.39, 0.29) is 17.6 Å². The van der Waals surface area contributed by atoms with Gasteiger partial charge in [0.05, 0.1) is 27.7 Å². The van der Waals surface area contributed by atoms with Gasteiger partial charge in [-0.05, 0) is 31.2 Å². The largest absolute Gasteiger partial charge is 0.418 e. The van der Waals surface area contributed by atoms with Gasteiger partial charge in [-0.3, -0.25) is 4.79 Å². The molecular weight excluding hydrogens is 495 g/mol. The van der Waals surface area contributed by atoms with Gasteiger partial charge < -0.3 is 15.5 Å². The molecule has 1 heterocycles. The number of nitrogens with one attached hydrogen (secondary N) is 2. The van der Waals surface area contributed by atoms with E-state index in [4.69, 9.17) is 11.6 Å². The minimum Gasteiger partial charge on any atom is -0.315 e. The van der Waals surface area contributed by atoms with Gasteiger partial charge in [0.2, 0.25) is 5.91 Å². The summed E-state index contributed by atoms with van der Waals surface area (Å²) in [6, 6.07) is 12.5. The summed E-state index contributed by atoms with van der Waals surface area (Å²) in [5.41, 5.74) is -0.434. The maximum atomic E-state index is 13.3. The predicted molar refractivity (Wildman–Crippen MR) is 134 cm³/mol. The molecule has 7 nitrogen and oxygen atoms in total. The fraction of sp³-hybridized carbons (Fsp3) is 0.320. The first kappa shape index (κ1) is 27.1. The maximum absolute atomic E-state index is 13.3. The zero-order chi connectivity index (χ0) is 26.7. The highest BCUT2D eigenvalue weighted by atomic mass is 35.5. The Bertz CT molecular complexity index is 1250. The van der Waals surface area contributed by atoms with Crippen LogP contribution >= 0.6 is 11.6 Å². The lowest BCUT2D eigenvalue weighted by atomic mass is 9.92. The summed E-state index contributed by atoms with van der Waals surface area (Å²) in [5, 5.41) is 10.0. The molecule has 0 saturated carbocycles. The number of halogens is 4. The Hall–Kier alpha value is -3.53. The van der Waals surface area contributed by atoms with Gasteiger partial charge in [0.15, 0.2) is 0 Å². The first-order chi connectivity index (χ1) is 16.8. The fourth-order valence-corrected chi connectivity index (χ4v) is 3.58. The lowest BCUT2D eigenvalue weighted by Crippen LogP contribution is -2.40. The monoisotopic (exact) mass is 521 g/mol. The quantitative estimate of drug-likeness (QED) is 0.397. The van der Waals surface area contributed by atoms with Crippen LogP contribution < -0.4 is 10.6 Å². The van der Waals surface area contributed by atoms with Crippen molar-refractivity contribution < 1.29 is 22.8 Å². The Morgan fingerprint density at radius 2 is 1.67 bits per heavy atom. The van der Waals surface area contributed by atoms with Crippen LogP contribution in [0.1, 0.15) is 39.0 Å². The highest BCUT2D eigenvalue weighted by Gasteiger charge is 2.34. The zero-order valence-corrected chi connectivity index (χ0v) is 21.0. The number of benzene rings is 2. The van der Waals surface area contributed by atoms with E-state index >= 15 is 0 Å². The lowest BCUT2D eigenvalue weighted by Gasteiger charge is -2.22. The number of urea groups is 1. The van der Waals surface area contributed by atoms with Crippen LogP contribution in [0.15, 0.2) is 54.6 Å². The predicted octanol–water partition coefficient (Wildman–Crippen LogP) is 6.33. The third-order valence-corrected chi connectivity index (χ3v) is 5.62. The van der Waals surface area contributed by atoms with E-state index in [1.165, 1.54) is 16.8 Å². The number of hydrogen-bond acceptors (Lipinski definition) is 3. The number of carbonyl (C=O) groups excluding carboxylic acids is 2. The topological polar surface area (TPSA) is 79.3 Å². The van der Waals surface area contributed by atoms with Gasteiger partial charge in [0, 0.05) is 18.0 Å². The van der Waals surface area contributed by atoms with Crippen molar-refractivity contribution in [1.82, 2.24) is 14.7 Å². The zero-order valence-electron chi connectivity index (χ0n) is 20.3. The first-order valence-corrected chi connectivity index (χ1v) is 11.6. The fourth-order valence-electron chi connectivity index (χ4n) is 3.36. The summed E-state index contributed by atoms with van der Waals surface area (Å²) in [5.74, 6) is -0.207. The Balaban J connectivity index is 1.81. The van der Waals surface area contributed by atoms with Crippen LogP contribution in [-0.2, 0) is 16.4 Å². The standard InChI is InChI=1S/C25H27ClF3N5O2/c1-5-33(23(36)30-18-12-8-6-10-16(18)25(27,28)29)15-22(35)31-21-14-20(24(2,3)4)32-34(21)19-13-9-7-11-17(19)26/h6-14H,5,15H2,1-4H3,(H,30,36)(H,31,35). The Morgan fingerprint density at radius 3 is 2.28 bits per heavy atom. The summed E-state index contributed by atoms with van der Waals surface area (Å²) in [4.78, 5) is 26.7. The third kappa shape index (κ3) is 6.37. The molecule has 0 bridgehead atoms. The molecule has 0 atom stereocenters. The van der Waals surface area contributed by atoms with Crippen molar-refractivity contribution in [2.75, 3.05) is 23.7 Å². The van der Waals surface area contributed by atoms with Gasteiger partial charge in [-0.1, -0.05) is 56.6 Å². The number of rotatable bonds is 6. The highest BCUT2D eigenvalue weighted by molar-refractivity contribution is 6.32. The molecule has 0 aliphatic carbocycles. The molecule has 3 aromatic rings. The Kier molecular flexibility index (Phi) is 7.98. The number of nitrogens with zero attached hydrogens (tertiary/aromatic N) is 3. The third-order valence-electron chi connectivity index (χ3n) is 5.30. The molecule has 2 aromatic carbocycles. The SMILES string of the molecule is CCN(CC(=O)Nc1cc(C(C)(C)C)nn1-c1ccccc1Cl)C(=O)Nc1ccccc1C(F)(F)F. The molecule has 1 aromatic heterocycles. The van der Waals surface area contributed by atoms with E-state index < -0.39 is 30.2 Å². The molecule has 11 heteroatoms. The molecule has 0 saturated heterocycles. The molecule has 3 rings (SSSR count). The van der Waals surface area contributed by atoms with E-state index in [0.29, 0.717) is 22.2 Å². The molecule has 0 aliphatic heterocycles. The van der Waals surface area contributed by atoms with Crippen molar-refractivity contribution >= 4 is 35.0 Å². The van der Waals surface area contributed by atoms with Crippen molar-refractivity contribution in [3.63, 3.8) is 0 Å². The van der Waals surface area contributed by atoms with E-state index in [9.17, 15) is 22.8 Å². The number of hydrogen-bond donors (Lipinski definition) is 2. The molecular formula is C25H27ClF3N5O2. The smallest absolute Gasteiger partial charge is 0.315 e. The van der Waals surface area contributed by atoms with Crippen molar-refractivity contribution in [2.24, 2.45) is 0 Å². The van der Waals surface area contributed by atoms with Gasteiger partial charge in [0.1, 0.15) is 12.4 Å². The van der Waals surface area contributed by atoms with Crippen LogP contribution in [-0.4, -0.2) is 39.7 Å². The Labute approximate surface area is 212 Å². The second-order valence-corrected chi connectivity index (χ2v) is 9.47. The van der Waals surface area contributed by atoms with Crippen LogP contribution in [0.4, 0.5) is 29.5 Å². The van der Waals surface area contributed by atoms with Crippen LogP contribution in [0, 0.1) is 0 Å². The number of anilines is 2. The van der Waals surface area contributed by atoms with Gasteiger partial charge in [-0.25, -0.2) is 9.48 Å². The molecule has 0 aliphatic rings. The normalized spacial score (nSPS) is 11.8. The molecule has 0 spiro atoms. The highest BCUT2D eigenvalue weighted by Crippen LogP contribution is 2.34. The number of carbonyl (C=O) groups is 2. The average molecular weight is 522 g/mol. The first-order valence-electron chi connectivity index (χ1n) is 11.2. The van der Waals surface area contributed by atoms with E-state index in [1.807, 2.05) is 20.8 Å². The average Bonchev–Trinajstić information content (AvgIpc) is 3.21. The molecule has 2 N–H and O–H groups in total. The van der Waals surface area contributed by atoms with Gasteiger partial charge in [0.25, 0.3) is 0 Å². The van der Waals surface area contributed by atoms with Crippen molar-refractivity contribution in [3.8, 4) is 5.69 Å². The second-order valence-electron chi connectivity index (χ2n) is 9.06. The van der Waals surface area contributed by atoms with E-state index in [0.717, 1.165) is 17.0 Å². The number of alkyl halides is 3. The molecule has 3 amide bonds.